The normalized spacial score (nSPS) is 39.4. The zero-order chi connectivity index (χ0) is 18.7. The molecule has 3 aliphatic rings. The highest BCUT2D eigenvalue weighted by molar-refractivity contribution is 6.00. The third-order valence-corrected chi connectivity index (χ3v) is 7.50. The van der Waals surface area contributed by atoms with Crippen LogP contribution in [0.5, 0.6) is 5.75 Å². The van der Waals surface area contributed by atoms with E-state index in [4.69, 9.17) is 9.73 Å². The van der Waals surface area contributed by atoms with Crippen LogP contribution in [0.1, 0.15) is 45.1 Å². The fraction of sp³-hybridized carbons (Fsp3) is 0.619. The molecule has 0 unspecified atom stereocenters. The summed E-state index contributed by atoms with van der Waals surface area (Å²) in [4.78, 5) is 17.4. The van der Waals surface area contributed by atoms with Gasteiger partial charge in [0, 0.05) is 23.6 Å². The first-order chi connectivity index (χ1) is 12.3. The number of hydrogen-bond donors (Lipinski definition) is 2. The molecule has 1 aromatic carbocycles. The number of carbonyl (C=O) groups is 1. The predicted molar refractivity (Wildman–Crippen MR) is 101 cm³/mol. The van der Waals surface area contributed by atoms with Crippen molar-refractivity contribution in [3.63, 3.8) is 0 Å². The Bertz CT molecular complexity index is 755. The molecule has 2 N–H and O–H groups in total. The van der Waals surface area contributed by atoms with Gasteiger partial charge in [-0.2, -0.15) is 0 Å². The van der Waals surface area contributed by atoms with Gasteiger partial charge in [0.15, 0.2) is 0 Å². The number of nitrogens with zero attached hydrogens (tertiary/aromatic N) is 1. The van der Waals surface area contributed by atoms with Gasteiger partial charge in [-0.05, 0) is 41.9 Å². The van der Waals surface area contributed by atoms with Crippen molar-refractivity contribution in [3.8, 4) is 5.75 Å². The molecule has 140 valence electrons. The molecule has 1 aliphatic heterocycles. The highest BCUT2D eigenvalue weighted by atomic mass is 16.5. The maximum absolute atomic E-state index is 12.5. The van der Waals surface area contributed by atoms with Gasteiger partial charge in [0.25, 0.3) is 0 Å². The van der Waals surface area contributed by atoms with Crippen LogP contribution in [0.4, 0.5) is 0 Å². The van der Waals surface area contributed by atoms with Crippen LogP contribution in [0, 0.1) is 16.7 Å². The van der Waals surface area contributed by atoms with Crippen molar-refractivity contribution in [1.29, 1.82) is 0 Å². The number of methoxy groups -OCH3 is 1. The monoisotopic (exact) mass is 356 g/mol. The van der Waals surface area contributed by atoms with Crippen molar-refractivity contribution in [3.05, 3.63) is 29.8 Å². The molecule has 0 aromatic heterocycles. The van der Waals surface area contributed by atoms with E-state index in [9.17, 15) is 9.90 Å². The highest BCUT2D eigenvalue weighted by Gasteiger charge is 2.64. The zero-order valence-electron chi connectivity index (χ0n) is 16.0. The highest BCUT2D eigenvalue weighted by Crippen LogP contribution is 2.64. The third kappa shape index (κ3) is 2.26. The standard InChI is InChI=1S/C21H28N2O3/c1-20(2)15-9-10-21(20,3)18(17(15)24)23-16-14(11-22-19(16)25)12-5-7-13(26-4)8-6-12/h5-8,14-17,24H,9-11H2,1-4H3,(H,22,25)/t14-,15-,16+,17-,21+/m1/s1. The van der Waals surface area contributed by atoms with Crippen molar-refractivity contribution in [2.75, 3.05) is 13.7 Å². The largest absolute Gasteiger partial charge is 0.497 e. The molecule has 3 fully saturated rings. The maximum Gasteiger partial charge on any atom is 0.245 e. The molecule has 1 heterocycles. The summed E-state index contributed by atoms with van der Waals surface area (Å²) in [5, 5.41) is 13.8. The minimum atomic E-state index is -0.534. The van der Waals surface area contributed by atoms with E-state index in [-0.39, 0.29) is 28.6 Å². The van der Waals surface area contributed by atoms with Gasteiger partial charge in [-0.15, -0.1) is 0 Å². The van der Waals surface area contributed by atoms with Gasteiger partial charge in [-0.3, -0.25) is 9.79 Å². The Morgan fingerprint density at radius 1 is 1.23 bits per heavy atom. The van der Waals surface area contributed by atoms with Crippen LogP contribution in [0.3, 0.4) is 0 Å². The molecular weight excluding hydrogens is 328 g/mol. The Morgan fingerprint density at radius 2 is 1.92 bits per heavy atom. The Kier molecular flexibility index (Phi) is 3.92. The quantitative estimate of drug-likeness (QED) is 0.874. The van der Waals surface area contributed by atoms with Gasteiger partial charge in [-0.1, -0.05) is 32.9 Å². The molecule has 5 atom stereocenters. The summed E-state index contributed by atoms with van der Waals surface area (Å²) in [6, 6.07) is 7.36. The number of nitrogens with one attached hydrogen (secondary N) is 1. The van der Waals surface area contributed by atoms with E-state index in [2.05, 4.69) is 26.1 Å². The minimum absolute atomic E-state index is 0.00986. The average molecular weight is 356 g/mol. The lowest BCUT2D eigenvalue weighted by Gasteiger charge is -2.34. The van der Waals surface area contributed by atoms with Crippen molar-refractivity contribution < 1.29 is 14.6 Å². The van der Waals surface area contributed by atoms with Gasteiger partial charge in [0.1, 0.15) is 11.8 Å². The Hall–Kier alpha value is -1.88. The number of rotatable bonds is 3. The van der Waals surface area contributed by atoms with Gasteiger partial charge < -0.3 is 15.2 Å². The molecule has 26 heavy (non-hydrogen) atoms. The third-order valence-electron chi connectivity index (χ3n) is 7.50. The van der Waals surface area contributed by atoms with E-state index in [1.165, 1.54) is 0 Å². The summed E-state index contributed by atoms with van der Waals surface area (Å²) >= 11 is 0. The Morgan fingerprint density at radius 3 is 2.50 bits per heavy atom. The Balaban J connectivity index is 1.69. The number of amides is 1. The van der Waals surface area contributed by atoms with Crippen LogP contribution in [0.2, 0.25) is 0 Å². The maximum atomic E-state index is 12.5. The van der Waals surface area contributed by atoms with E-state index in [0.29, 0.717) is 6.54 Å². The molecule has 5 heteroatoms. The van der Waals surface area contributed by atoms with Crippen LogP contribution >= 0.6 is 0 Å². The summed E-state index contributed by atoms with van der Waals surface area (Å²) in [6.45, 7) is 7.24. The smallest absolute Gasteiger partial charge is 0.245 e. The molecule has 0 spiro atoms. The van der Waals surface area contributed by atoms with E-state index >= 15 is 0 Å². The number of fused-ring (bicyclic) bond motifs is 2. The van der Waals surface area contributed by atoms with Gasteiger partial charge >= 0.3 is 0 Å². The van der Waals surface area contributed by atoms with Crippen molar-refractivity contribution >= 4 is 11.6 Å². The van der Waals surface area contributed by atoms with Crippen LogP contribution in [0.25, 0.3) is 0 Å². The number of ether oxygens (including phenoxy) is 1. The number of hydrogen-bond acceptors (Lipinski definition) is 4. The number of carbonyl (C=O) groups excluding carboxylic acids is 1. The molecular formula is C21H28N2O3. The molecule has 1 amide bonds. The summed E-state index contributed by atoms with van der Waals surface area (Å²) in [5.41, 5.74) is 1.78. The lowest BCUT2D eigenvalue weighted by Crippen LogP contribution is -2.38. The Labute approximate surface area is 154 Å². The first-order valence-electron chi connectivity index (χ1n) is 9.47. The first kappa shape index (κ1) is 17.5. The lowest BCUT2D eigenvalue weighted by atomic mass is 9.70. The van der Waals surface area contributed by atoms with E-state index in [1.54, 1.807) is 7.11 Å². The predicted octanol–water partition coefficient (Wildman–Crippen LogP) is 2.54. The van der Waals surface area contributed by atoms with Gasteiger partial charge in [-0.25, -0.2) is 0 Å². The first-order valence-corrected chi connectivity index (χ1v) is 9.47. The summed E-state index contributed by atoms with van der Waals surface area (Å²) in [5.74, 6) is 0.968. The minimum Gasteiger partial charge on any atom is -0.497 e. The van der Waals surface area contributed by atoms with Crippen LogP contribution < -0.4 is 10.1 Å². The zero-order valence-corrected chi connectivity index (χ0v) is 16.0. The summed E-state index contributed by atoms with van der Waals surface area (Å²) < 4.78 is 5.23. The molecule has 1 aromatic rings. The topological polar surface area (TPSA) is 70.9 Å². The summed E-state index contributed by atoms with van der Waals surface area (Å²) in [6.07, 6.45) is 1.53. The molecule has 0 radical (unpaired) electrons. The second kappa shape index (κ2) is 5.81. The van der Waals surface area contributed by atoms with Crippen LogP contribution in [-0.2, 0) is 4.79 Å². The molecule has 4 rings (SSSR count). The lowest BCUT2D eigenvalue weighted by molar-refractivity contribution is -0.120. The second-order valence-electron chi connectivity index (χ2n) is 8.73. The molecule has 1 saturated heterocycles. The molecule has 2 bridgehead atoms. The van der Waals surface area contributed by atoms with Crippen LogP contribution in [0.15, 0.2) is 29.3 Å². The van der Waals surface area contributed by atoms with Gasteiger partial charge in [0.2, 0.25) is 5.91 Å². The fourth-order valence-corrected chi connectivity index (χ4v) is 5.34. The number of benzene rings is 1. The molecule has 2 saturated carbocycles. The second-order valence-corrected chi connectivity index (χ2v) is 8.73. The van der Waals surface area contributed by atoms with E-state index < -0.39 is 12.1 Å². The van der Waals surface area contributed by atoms with Crippen molar-refractivity contribution in [1.82, 2.24) is 5.32 Å². The van der Waals surface area contributed by atoms with Crippen LogP contribution in [-0.4, -0.2) is 42.5 Å². The summed E-state index contributed by atoms with van der Waals surface area (Å²) in [7, 11) is 1.64. The van der Waals surface area contributed by atoms with Crippen molar-refractivity contribution in [2.45, 2.75) is 51.7 Å². The van der Waals surface area contributed by atoms with Crippen molar-refractivity contribution in [2.24, 2.45) is 21.7 Å². The van der Waals surface area contributed by atoms with E-state index in [1.807, 2.05) is 24.3 Å². The number of aliphatic hydroxyl groups is 1. The number of aliphatic hydroxyl groups excluding tert-OH is 1. The molecule has 2 aliphatic carbocycles. The number of aliphatic imine (C=N–C) groups is 1. The van der Waals surface area contributed by atoms with Gasteiger partial charge in [0.05, 0.1) is 13.2 Å². The SMILES string of the molecule is COc1ccc([C@H]2CNC(=O)[C@H]2N=C2[C@H](O)[C@H]3CC[C@]2(C)C3(C)C)cc1. The average Bonchev–Trinajstić information content (AvgIpc) is 3.14. The van der Waals surface area contributed by atoms with E-state index in [0.717, 1.165) is 29.9 Å². The fourth-order valence-electron chi connectivity index (χ4n) is 5.34. The molecule has 5 nitrogen and oxygen atoms in total.